The highest BCUT2D eigenvalue weighted by Gasteiger charge is 2.35. The van der Waals surface area contributed by atoms with Crippen LogP contribution in [0, 0.1) is 11.8 Å². The van der Waals surface area contributed by atoms with E-state index in [0.717, 1.165) is 32.0 Å². The average Bonchev–Trinajstić information content (AvgIpc) is 2.99. The molecule has 1 heterocycles. The molecule has 94 valence electrons. The fourth-order valence-electron chi connectivity index (χ4n) is 2.81. The van der Waals surface area contributed by atoms with Crippen LogP contribution in [0.5, 0.6) is 0 Å². The van der Waals surface area contributed by atoms with E-state index in [2.05, 4.69) is 18.7 Å². The number of hydrogen-bond acceptors (Lipinski definition) is 3. The Morgan fingerprint density at radius 1 is 1.31 bits per heavy atom. The largest absolute Gasteiger partial charge is 0.393 e. The molecule has 2 aliphatic rings. The molecule has 2 fully saturated rings. The van der Waals surface area contributed by atoms with E-state index in [1.54, 1.807) is 0 Å². The van der Waals surface area contributed by atoms with Gasteiger partial charge in [0.15, 0.2) is 0 Å². The van der Waals surface area contributed by atoms with Crippen LogP contribution in [0.3, 0.4) is 0 Å². The molecule has 2 rings (SSSR count). The molecule has 0 radical (unpaired) electrons. The Balaban J connectivity index is 1.83. The normalized spacial score (nSPS) is 34.3. The molecule has 1 saturated heterocycles. The highest BCUT2D eigenvalue weighted by Crippen LogP contribution is 2.32. The summed E-state index contributed by atoms with van der Waals surface area (Å²) < 4.78 is 0. The van der Waals surface area contributed by atoms with Crippen molar-refractivity contribution >= 4 is 0 Å². The smallest absolute Gasteiger partial charge is 0.0566 e. The summed E-state index contributed by atoms with van der Waals surface area (Å²) in [6.07, 6.45) is 4.57. The number of nitrogens with two attached hydrogens (primary N) is 1. The van der Waals surface area contributed by atoms with Gasteiger partial charge in [0.1, 0.15) is 0 Å². The zero-order chi connectivity index (χ0) is 11.7. The van der Waals surface area contributed by atoms with Crippen molar-refractivity contribution in [2.24, 2.45) is 17.6 Å². The topological polar surface area (TPSA) is 49.5 Å². The quantitative estimate of drug-likeness (QED) is 0.757. The van der Waals surface area contributed by atoms with Crippen LogP contribution in [-0.2, 0) is 0 Å². The van der Waals surface area contributed by atoms with E-state index in [1.807, 2.05) is 0 Å². The first-order chi connectivity index (χ1) is 7.56. The lowest BCUT2D eigenvalue weighted by Gasteiger charge is -2.37. The fraction of sp³-hybridized carbons (Fsp3) is 1.00. The molecule has 0 spiro atoms. The molecule has 0 amide bonds. The van der Waals surface area contributed by atoms with E-state index in [-0.39, 0.29) is 6.10 Å². The van der Waals surface area contributed by atoms with Crippen molar-refractivity contribution < 1.29 is 5.11 Å². The fourth-order valence-corrected chi connectivity index (χ4v) is 2.81. The molecule has 3 nitrogen and oxygen atoms in total. The molecule has 3 N–H and O–H groups in total. The number of aliphatic hydroxyl groups excluding tert-OH is 1. The van der Waals surface area contributed by atoms with Crippen molar-refractivity contribution in [1.29, 1.82) is 0 Å². The van der Waals surface area contributed by atoms with Crippen LogP contribution < -0.4 is 5.73 Å². The lowest BCUT2D eigenvalue weighted by molar-refractivity contribution is 0.0640. The van der Waals surface area contributed by atoms with Gasteiger partial charge in [-0.1, -0.05) is 13.8 Å². The standard InChI is InChI=1S/C13H26N2O/c1-9(2)13(16)6-10-5-11(14)8-15(7-10)12-3-4-12/h9-13,16H,3-8,14H2,1-2H3. The maximum absolute atomic E-state index is 9.95. The predicted molar refractivity (Wildman–Crippen MR) is 66.1 cm³/mol. The average molecular weight is 226 g/mol. The zero-order valence-electron chi connectivity index (χ0n) is 10.6. The SMILES string of the molecule is CC(C)C(O)CC1CC(N)CN(C2CC2)C1. The van der Waals surface area contributed by atoms with Gasteiger partial charge in [-0.05, 0) is 37.5 Å². The summed E-state index contributed by atoms with van der Waals surface area (Å²) in [6, 6.07) is 1.13. The van der Waals surface area contributed by atoms with Crippen molar-refractivity contribution in [3.63, 3.8) is 0 Å². The van der Waals surface area contributed by atoms with E-state index in [0.29, 0.717) is 17.9 Å². The maximum atomic E-state index is 9.95. The van der Waals surface area contributed by atoms with Crippen LogP contribution in [0.15, 0.2) is 0 Å². The van der Waals surface area contributed by atoms with E-state index in [9.17, 15) is 5.11 Å². The molecule has 0 aromatic carbocycles. The lowest BCUT2D eigenvalue weighted by atomic mass is 9.87. The number of nitrogens with zero attached hydrogens (tertiary/aromatic N) is 1. The number of likely N-dealkylation sites (tertiary alicyclic amines) is 1. The molecule has 16 heavy (non-hydrogen) atoms. The zero-order valence-corrected chi connectivity index (χ0v) is 10.6. The maximum Gasteiger partial charge on any atom is 0.0566 e. The summed E-state index contributed by atoms with van der Waals surface area (Å²) >= 11 is 0. The van der Waals surface area contributed by atoms with Gasteiger partial charge in [-0.2, -0.15) is 0 Å². The monoisotopic (exact) mass is 226 g/mol. The second-order valence-electron chi connectivity index (χ2n) is 6.09. The van der Waals surface area contributed by atoms with E-state index in [4.69, 9.17) is 5.73 Å². The van der Waals surface area contributed by atoms with Crippen molar-refractivity contribution in [2.45, 2.75) is 57.7 Å². The molecule has 3 atom stereocenters. The molecule has 0 bridgehead atoms. The Morgan fingerprint density at radius 3 is 2.56 bits per heavy atom. The van der Waals surface area contributed by atoms with Gasteiger partial charge < -0.3 is 10.8 Å². The van der Waals surface area contributed by atoms with Crippen LogP contribution >= 0.6 is 0 Å². The number of rotatable bonds is 4. The van der Waals surface area contributed by atoms with Gasteiger partial charge in [0, 0.05) is 25.2 Å². The van der Waals surface area contributed by atoms with Crippen LogP contribution in [0.1, 0.15) is 39.5 Å². The van der Waals surface area contributed by atoms with Gasteiger partial charge in [-0.3, -0.25) is 4.90 Å². The Morgan fingerprint density at radius 2 is 2.00 bits per heavy atom. The summed E-state index contributed by atoms with van der Waals surface area (Å²) in [4.78, 5) is 2.55. The van der Waals surface area contributed by atoms with Crippen LogP contribution in [0.2, 0.25) is 0 Å². The molecule has 3 heteroatoms. The first-order valence-electron chi connectivity index (χ1n) is 6.74. The second kappa shape index (κ2) is 5.03. The first kappa shape index (κ1) is 12.3. The lowest BCUT2D eigenvalue weighted by Crippen LogP contribution is -2.48. The minimum Gasteiger partial charge on any atom is -0.393 e. The molecular weight excluding hydrogens is 200 g/mol. The molecule has 0 aromatic heterocycles. The van der Waals surface area contributed by atoms with Crippen LogP contribution in [-0.4, -0.2) is 41.3 Å². The molecule has 1 aliphatic carbocycles. The second-order valence-corrected chi connectivity index (χ2v) is 6.09. The van der Waals surface area contributed by atoms with Gasteiger partial charge in [-0.15, -0.1) is 0 Å². The van der Waals surface area contributed by atoms with E-state index < -0.39 is 0 Å². The Labute approximate surface area is 99.0 Å². The Kier molecular flexibility index (Phi) is 3.88. The molecule has 1 aliphatic heterocycles. The molecule has 1 saturated carbocycles. The van der Waals surface area contributed by atoms with Crippen molar-refractivity contribution in [3.05, 3.63) is 0 Å². The number of aliphatic hydroxyl groups is 1. The van der Waals surface area contributed by atoms with Gasteiger partial charge in [0.05, 0.1) is 6.10 Å². The van der Waals surface area contributed by atoms with Crippen LogP contribution in [0.25, 0.3) is 0 Å². The third kappa shape index (κ3) is 3.19. The van der Waals surface area contributed by atoms with Crippen molar-refractivity contribution in [1.82, 2.24) is 4.90 Å². The van der Waals surface area contributed by atoms with E-state index in [1.165, 1.54) is 12.8 Å². The van der Waals surface area contributed by atoms with Gasteiger partial charge in [0.2, 0.25) is 0 Å². The summed E-state index contributed by atoms with van der Waals surface area (Å²) in [5, 5.41) is 9.95. The Bertz CT molecular complexity index is 226. The minimum absolute atomic E-state index is 0.156. The Hall–Kier alpha value is -0.120. The summed E-state index contributed by atoms with van der Waals surface area (Å²) in [7, 11) is 0. The summed E-state index contributed by atoms with van der Waals surface area (Å²) in [5.41, 5.74) is 6.11. The first-order valence-corrected chi connectivity index (χ1v) is 6.74. The number of hydrogen-bond donors (Lipinski definition) is 2. The van der Waals surface area contributed by atoms with Gasteiger partial charge in [-0.25, -0.2) is 0 Å². The van der Waals surface area contributed by atoms with E-state index >= 15 is 0 Å². The molecule has 3 unspecified atom stereocenters. The highest BCUT2D eigenvalue weighted by molar-refractivity contribution is 4.92. The highest BCUT2D eigenvalue weighted by atomic mass is 16.3. The third-order valence-corrected chi connectivity index (χ3v) is 4.01. The number of piperidine rings is 1. The van der Waals surface area contributed by atoms with Gasteiger partial charge in [0.25, 0.3) is 0 Å². The summed E-state index contributed by atoms with van der Waals surface area (Å²) in [5.74, 6) is 0.967. The van der Waals surface area contributed by atoms with Gasteiger partial charge >= 0.3 is 0 Å². The summed E-state index contributed by atoms with van der Waals surface area (Å²) in [6.45, 7) is 6.40. The molecule has 0 aromatic rings. The molecular formula is C13H26N2O. The van der Waals surface area contributed by atoms with Crippen molar-refractivity contribution in [3.8, 4) is 0 Å². The minimum atomic E-state index is -0.156. The third-order valence-electron chi connectivity index (χ3n) is 4.01. The predicted octanol–water partition coefficient (Wildman–Crippen LogP) is 1.20. The van der Waals surface area contributed by atoms with Crippen LogP contribution in [0.4, 0.5) is 0 Å². The van der Waals surface area contributed by atoms with Crippen molar-refractivity contribution in [2.75, 3.05) is 13.1 Å².